The lowest BCUT2D eigenvalue weighted by Gasteiger charge is -2.21. The summed E-state index contributed by atoms with van der Waals surface area (Å²) in [5.74, 6) is -2.98. The number of pyridine rings is 1. The number of nitrogens with one attached hydrogen (secondary N) is 2. The highest BCUT2D eigenvalue weighted by Crippen LogP contribution is 2.59. The molecule has 0 radical (unpaired) electrons. The summed E-state index contributed by atoms with van der Waals surface area (Å²) in [4.78, 5) is 19.3. The Bertz CT molecular complexity index is 1240. The van der Waals surface area contributed by atoms with Gasteiger partial charge in [-0.1, -0.05) is 6.07 Å². The molecule has 0 aromatic carbocycles. The molecule has 0 spiro atoms. The Hall–Kier alpha value is -3.30. The van der Waals surface area contributed by atoms with E-state index in [1.54, 1.807) is 17.1 Å². The number of hydrogen-bond acceptors (Lipinski definition) is 5. The first-order valence-electron chi connectivity index (χ1n) is 11.3. The highest BCUT2D eigenvalue weighted by molar-refractivity contribution is 5.94. The van der Waals surface area contributed by atoms with Gasteiger partial charge in [-0.3, -0.25) is 14.6 Å². The molecule has 4 heterocycles. The van der Waals surface area contributed by atoms with Crippen LogP contribution in [0.4, 0.5) is 14.6 Å². The van der Waals surface area contributed by atoms with E-state index in [1.807, 2.05) is 30.9 Å². The van der Waals surface area contributed by atoms with Crippen molar-refractivity contribution in [3.8, 4) is 0 Å². The average molecular weight is 453 g/mol. The zero-order chi connectivity index (χ0) is 22.9. The molecule has 3 atom stereocenters. The molecule has 2 N–H and O–H groups in total. The van der Waals surface area contributed by atoms with Crippen LogP contribution < -0.4 is 10.2 Å². The number of amides is 1. The molecule has 3 aliphatic rings. The van der Waals surface area contributed by atoms with Gasteiger partial charge in [0, 0.05) is 30.7 Å². The third-order valence-corrected chi connectivity index (χ3v) is 7.36. The molecule has 2 aliphatic carbocycles. The SMILES string of the molecule is Cc1nc(N2CC3C(C2)C3(F)F)ccc1Cn1cc(C(=O)NC2CCc3c2n[nH]c3C)cn1. The van der Waals surface area contributed by atoms with Gasteiger partial charge in [-0.15, -0.1) is 0 Å². The monoisotopic (exact) mass is 453 g/mol. The molecule has 172 valence electrons. The minimum atomic E-state index is -2.49. The molecule has 0 bridgehead atoms. The minimum Gasteiger partial charge on any atom is -0.356 e. The van der Waals surface area contributed by atoms with E-state index in [1.165, 1.54) is 5.56 Å². The van der Waals surface area contributed by atoms with Gasteiger partial charge < -0.3 is 10.2 Å². The van der Waals surface area contributed by atoms with E-state index in [0.29, 0.717) is 25.2 Å². The number of nitrogens with zero attached hydrogens (tertiary/aromatic N) is 5. The molecule has 3 aromatic rings. The van der Waals surface area contributed by atoms with Gasteiger partial charge in [0.1, 0.15) is 5.82 Å². The molecule has 1 saturated heterocycles. The van der Waals surface area contributed by atoms with Gasteiger partial charge in [0.25, 0.3) is 11.8 Å². The quantitative estimate of drug-likeness (QED) is 0.620. The number of carbonyl (C=O) groups is 1. The third kappa shape index (κ3) is 3.30. The van der Waals surface area contributed by atoms with Gasteiger partial charge in [0.05, 0.1) is 41.9 Å². The summed E-state index contributed by atoms with van der Waals surface area (Å²) < 4.78 is 28.6. The highest BCUT2D eigenvalue weighted by atomic mass is 19.3. The molecular weight excluding hydrogens is 428 g/mol. The third-order valence-electron chi connectivity index (χ3n) is 7.36. The molecule has 3 unspecified atom stereocenters. The van der Waals surface area contributed by atoms with Crippen LogP contribution in [0.3, 0.4) is 0 Å². The molecule has 1 amide bonds. The van der Waals surface area contributed by atoms with Crippen LogP contribution in [0.1, 0.15) is 51.0 Å². The van der Waals surface area contributed by atoms with E-state index in [-0.39, 0.29) is 11.9 Å². The normalized spacial score (nSPS) is 24.6. The predicted molar refractivity (Wildman–Crippen MR) is 116 cm³/mol. The van der Waals surface area contributed by atoms with Crippen molar-refractivity contribution in [2.45, 2.75) is 45.2 Å². The fourth-order valence-electron chi connectivity index (χ4n) is 5.24. The number of anilines is 1. The second kappa shape index (κ2) is 7.10. The lowest BCUT2D eigenvalue weighted by Crippen LogP contribution is -2.28. The first-order valence-corrected chi connectivity index (χ1v) is 11.3. The highest BCUT2D eigenvalue weighted by Gasteiger charge is 2.71. The van der Waals surface area contributed by atoms with E-state index >= 15 is 0 Å². The van der Waals surface area contributed by atoms with Gasteiger partial charge in [-0.05, 0) is 43.9 Å². The number of H-pyrrole nitrogens is 1. The number of halogens is 2. The Kier molecular flexibility index (Phi) is 4.37. The van der Waals surface area contributed by atoms with Crippen molar-refractivity contribution in [1.82, 2.24) is 30.3 Å². The standard InChI is InChI=1S/C23H25F2N7O/c1-12-14(3-6-20(27-12)31-10-17-18(11-31)23(17,24)25)8-32-9-15(7-26-32)22(33)28-19-5-4-16-13(2)29-30-21(16)19/h3,6-7,9,17-19H,4-5,8,10-11H2,1-2H3,(H,28,33)(H,29,30). The lowest BCUT2D eigenvalue weighted by atomic mass is 10.2. The number of alkyl halides is 2. The van der Waals surface area contributed by atoms with Crippen molar-refractivity contribution in [3.63, 3.8) is 0 Å². The minimum absolute atomic E-state index is 0.0867. The summed E-state index contributed by atoms with van der Waals surface area (Å²) in [5, 5.41) is 14.7. The summed E-state index contributed by atoms with van der Waals surface area (Å²) in [6.07, 6.45) is 5.05. The summed E-state index contributed by atoms with van der Waals surface area (Å²) in [7, 11) is 0. The van der Waals surface area contributed by atoms with Gasteiger partial charge in [-0.25, -0.2) is 13.8 Å². The van der Waals surface area contributed by atoms with Crippen LogP contribution >= 0.6 is 0 Å². The molecule has 10 heteroatoms. The van der Waals surface area contributed by atoms with Crippen molar-refractivity contribution in [2.75, 3.05) is 18.0 Å². The van der Waals surface area contributed by atoms with E-state index in [0.717, 1.165) is 41.3 Å². The zero-order valence-electron chi connectivity index (χ0n) is 18.5. The van der Waals surface area contributed by atoms with Crippen LogP contribution in [0.25, 0.3) is 0 Å². The lowest BCUT2D eigenvalue weighted by molar-refractivity contribution is 0.0796. The second-order valence-corrected chi connectivity index (χ2v) is 9.41. The smallest absolute Gasteiger partial charge is 0.258 e. The van der Waals surface area contributed by atoms with Gasteiger partial charge in [0.15, 0.2) is 0 Å². The van der Waals surface area contributed by atoms with Crippen LogP contribution in [0.5, 0.6) is 0 Å². The van der Waals surface area contributed by atoms with Crippen LogP contribution in [0.15, 0.2) is 24.5 Å². The molecule has 33 heavy (non-hydrogen) atoms. The Balaban J connectivity index is 1.10. The predicted octanol–water partition coefficient (Wildman–Crippen LogP) is 2.78. The van der Waals surface area contributed by atoms with Crippen LogP contribution in [-0.4, -0.2) is 49.9 Å². The fraction of sp³-hybridized carbons (Fsp3) is 0.478. The number of piperidine rings is 1. The van der Waals surface area contributed by atoms with Crippen molar-refractivity contribution in [2.24, 2.45) is 11.8 Å². The molecule has 2 fully saturated rings. The summed E-state index contributed by atoms with van der Waals surface area (Å²) in [6, 6.07) is 3.75. The Morgan fingerprint density at radius 3 is 2.82 bits per heavy atom. The average Bonchev–Trinajstić information content (AvgIpc) is 3.41. The molecular formula is C23H25F2N7O. The van der Waals surface area contributed by atoms with Crippen LogP contribution in [0, 0.1) is 25.7 Å². The second-order valence-electron chi connectivity index (χ2n) is 9.41. The molecule has 8 nitrogen and oxygen atoms in total. The zero-order valence-corrected chi connectivity index (χ0v) is 18.5. The van der Waals surface area contributed by atoms with Gasteiger partial charge in [0.2, 0.25) is 0 Å². The Labute approximate surface area is 189 Å². The Morgan fingerprint density at radius 2 is 2.06 bits per heavy atom. The van der Waals surface area contributed by atoms with Gasteiger partial charge >= 0.3 is 0 Å². The maximum atomic E-state index is 13.5. The maximum absolute atomic E-state index is 13.5. The van der Waals surface area contributed by atoms with E-state index in [4.69, 9.17) is 0 Å². The van der Waals surface area contributed by atoms with E-state index in [9.17, 15) is 13.6 Å². The summed E-state index contributed by atoms with van der Waals surface area (Å²) in [5.41, 5.74) is 5.47. The number of carbonyl (C=O) groups excluding carboxylic acids is 1. The number of rotatable bonds is 5. The van der Waals surface area contributed by atoms with Crippen molar-refractivity contribution in [1.29, 1.82) is 0 Å². The molecule has 1 aliphatic heterocycles. The van der Waals surface area contributed by atoms with Crippen LogP contribution in [0.2, 0.25) is 0 Å². The topological polar surface area (TPSA) is 91.7 Å². The molecule has 3 aromatic heterocycles. The first kappa shape index (κ1) is 20.3. The van der Waals surface area contributed by atoms with Crippen molar-refractivity contribution >= 4 is 11.7 Å². The van der Waals surface area contributed by atoms with Crippen LogP contribution in [-0.2, 0) is 13.0 Å². The van der Waals surface area contributed by atoms with E-state index in [2.05, 4.69) is 25.6 Å². The van der Waals surface area contributed by atoms with Crippen molar-refractivity contribution < 1.29 is 13.6 Å². The number of fused-ring (bicyclic) bond motifs is 2. The molecule has 6 rings (SSSR count). The summed E-state index contributed by atoms with van der Waals surface area (Å²) in [6.45, 7) is 5.10. The largest absolute Gasteiger partial charge is 0.356 e. The maximum Gasteiger partial charge on any atom is 0.258 e. The Morgan fingerprint density at radius 1 is 1.27 bits per heavy atom. The van der Waals surface area contributed by atoms with E-state index < -0.39 is 17.8 Å². The van der Waals surface area contributed by atoms with Gasteiger partial charge in [-0.2, -0.15) is 10.2 Å². The fourth-order valence-corrected chi connectivity index (χ4v) is 5.24. The summed E-state index contributed by atoms with van der Waals surface area (Å²) >= 11 is 0. The van der Waals surface area contributed by atoms with Crippen molar-refractivity contribution in [3.05, 3.63) is 58.3 Å². The first-order chi connectivity index (χ1) is 15.8. The number of hydrogen-bond donors (Lipinski definition) is 2. The molecule has 1 saturated carbocycles. The number of aryl methyl sites for hydroxylation is 2. The number of aromatic amines is 1. The number of aromatic nitrogens is 5.